The standard InChI is InChI=1S/C33H37NO4/c1-19-9-10-20(2)24(15-19)18-34-29(23-11-13-25(14-12-23)33(5,6)7)28(31(36)32(34)37)30(35)26-16-22(4)27(38-8)17-21(26)3/h9-17,29,35H,18H2,1-8H3/b30-28+. The van der Waals surface area contributed by atoms with Crippen molar-refractivity contribution >= 4 is 17.4 Å². The van der Waals surface area contributed by atoms with Gasteiger partial charge in [0.1, 0.15) is 11.5 Å². The topological polar surface area (TPSA) is 66.8 Å². The molecule has 0 radical (unpaired) electrons. The monoisotopic (exact) mass is 511 g/mol. The summed E-state index contributed by atoms with van der Waals surface area (Å²) in [5, 5.41) is 11.6. The summed E-state index contributed by atoms with van der Waals surface area (Å²) >= 11 is 0. The second kappa shape index (κ2) is 10.1. The van der Waals surface area contributed by atoms with Gasteiger partial charge in [-0.3, -0.25) is 9.59 Å². The number of hydrogen-bond acceptors (Lipinski definition) is 4. The predicted molar refractivity (Wildman–Crippen MR) is 151 cm³/mol. The number of nitrogens with zero attached hydrogens (tertiary/aromatic N) is 1. The zero-order valence-electron chi connectivity index (χ0n) is 23.6. The summed E-state index contributed by atoms with van der Waals surface area (Å²) in [6.07, 6.45) is 0. The fraction of sp³-hybridized carbons (Fsp3) is 0.333. The molecule has 3 aromatic rings. The molecule has 3 aromatic carbocycles. The summed E-state index contributed by atoms with van der Waals surface area (Å²) in [6.45, 7) is 14.4. The van der Waals surface area contributed by atoms with E-state index in [1.807, 2.05) is 76.2 Å². The lowest BCUT2D eigenvalue weighted by molar-refractivity contribution is -0.140. The van der Waals surface area contributed by atoms with Crippen molar-refractivity contribution in [2.45, 2.75) is 66.5 Å². The third kappa shape index (κ3) is 4.98. The zero-order valence-corrected chi connectivity index (χ0v) is 23.6. The number of amides is 1. The van der Waals surface area contributed by atoms with Gasteiger partial charge in [0, 0.05) is 12.1 Å². The number of ether oxygens (including phenoxy) is 1. The molecule has 198 valence electrons. The molecular formula is C33H37NO4. The summed E-state index contributed by atoms with van der Waals surface area (Å²) in [4.78, 5) is 28.7. The number of Topliss-reactive ketones (excluding diaryl/α,β-unsaturated/α-hetero) is 1. The van der Waals surface area contributed by atoms with Crippen LogP contribution >= 0.6 is 0 Å². The van der Waals surface area contributed by atoms with Crippen molar-refractivity contribution in [2.24, 2.45) is 0 Å². The number of methoxy groups -OCH3 is 1. The number of carbonyl (C=O) groups excluding carboxylic acids is 2. The van der Waals surface area contributed by atoms with Gasteiger partial charge >= 0.3 is 0 Å². The summed E-state index contributed by atoms with van der Waals surface area (Å²) in [5.74, 6) is -0.755. The van der Waals surface area contributed by atoms with E-state index in [4.69, 9.17) is 4.74 Å². The van der Waals surface area contributed by atoms with E-state index in [0.29, 0.717) is 11.3 Å². The van der Waals surface area contributed by atoms with Gasteiger partial charge < -0.3 is 14.7 Å². The van der Waals surface area contributed by atoms with E-state index in [2.05, 4.69) is 20.8 Å². The molecule has 1 N–H and O–H groups in total. The Morgan fingerprint density at radius 2 is 1.55 bits per heavy atom. The SMILES string of the molecule is COc1cc(C)c(/C(O)=C2\C(=O)C(=O)N(Cc3cc(C)ccc3C)C2c2ccc(C(C)(C)C)cc2)cc1C. The highest BCUT2D eigenvalue weighted by atomic mass is 16.5. The minimum atomic E-state index is -0.717. The van der Waals surface area contributed by atoms with E-state index in [9.17, 15) is 14.7 Å². The first kappa shape index (κ1) is 27.2. The van der Waals surface area contributed by atoms with Crippen LogP contribution in [0.2, 0.25) is 0 Å². The van der Waals surface area contributed by atoms with Crippen LogP contribution in [-0.4, -0.2) is 28.8 Å². The van der Waals surface area contributed by atoms with Gasteiger partial charge in [0.15, 0.2) is 0 Å². The van der Waals surface area contributed by atoms with Crippen molar-refractivity contribution in [3.05, 3.63) is 105 Å². The highest BCUT2D eigenvalue weighted by Gasteiger charge is 2.46. The van der Waals surface area contributed by atoms with Crippen LogP contribution < -0.4 is 4.74 Å². The summed E-state index contributed by atoms with van der Waals surface area (Å²) in [5.41, 5.74) is 7.19. The van der Waals surface area contributed by atoms with Crippen molar-refractivity contribution in [1.29, 1.82) is 0 Å². The van der Waals surface area contributed by atoms with Crippen LogP contribution in [0.4, 0.5) is 0 Å². The van der Waals surface area contributed by atoms with Crippen LogP contribution in [-0.2, 0) is 21.5 Å². The van der Waals surface area contributed by atoms with Gasteiger partial charge in [0.25, 0.3) is 11.7 Å². The first-order valence-corrected chi connectivity index (χ1v) is 12.9. The molecule has 4 rings (SSSR count). The molecule has 1 atom stereocenters. The fourth-order valence-corrected chi connectivity index (χ4v) is 5.12. The number of aryl methyl sites for hydroxylation is 4. The molecule has 0 bridgehead atoms. The van der Waals surface area contributed by atoms with Crippen LogP contribution in [0.15, 0.2) is 60.2 Å². The molecule has 5 heteroatoms. The number of rotatable bonds is 5. The first-order chi connectivity index (χ1) is 17.8. The molecular weight excluding hydrogens is 474 g/mol. The Morgan fingerprint density at radius 3 is 2.16 bits per heavy atom. The summed E-state index contributed by atoms with van der Waals surface area (Å²) in [7, 11) is 1.60. The molecule has 1 aliphatic rings. The second-order valence-corrected chi connectivity index (χ2v) is 11.4. The fourth-order valence-electron chi connectivity index (χ4n) is 5.12. The van der Waals surface area contributed by atoms with Crippen LogP contribution in [0, 0.1) is 27.7 Å². The third-order valence-electron chi connectivity index (χ3n) is 7.47. The largest absolute Gasteiger partial charge is 0.507 e. The highest BCUT2D eigenvalue weighted by Crippen LogP contribution is 2.42. The predicted octanol–water partition coefficient (Wildman–Crippen LogP) is 6.85. The van der Waals surface area contributed by atoms with Crippen molar-refractivity contribution < 1.29 is 19.4 Å². The maximum absolute atomic E-state index is 13.6. The van der Waals surface area contributed by atoms with E-state index in [1.165, 1.54) is 0 Å². The van der Waals surface area contributed by atoms with Crippen LogP contribution in [0.5, 0.6) is 5.75 Å². The van der Waals surface area contributed by atoms with E-state index in [0.717, 1.165) is 38.9 Å². The molecule has 1 saturated heterocycles. The lowest BCUT2D eigenvalue weighted by Gasteiger charge is -2.27. The maximum Gasteiger partial charge on any atom is 0.295 e. The Labute approximate surface area is 225 Å². The number of benzene rings is 3. The number of ketones is 1. The number of aliphatic hydroxyl groups excluding tert-OH is 1. The van der Waals surface area contributed by atoms with Gasteiger partial charge in [-0.15, -0.1) is 0 Å². The van der Waals surface area contributed by atoms with Crippen LogP contribution in [0.3, 0.4) is 0 Å². The minimum Gasteiger partial charge on any atom is -0.507 e. The molecule has 5 nitrogen and oxygen atoms in total. The smallest absolute Gasteiger partial charge is 0.295 e. The number of likely N-dealkylation sites (tertiary alicyclic amines) is 1. The molecule has 0 aromatic heterocycles. The Kier molecular flexibility index (Phi) is 7.24. The quantitative estimate of drug-likeness (QED) is 0.231. The molecule has 1 heterocycles. The molecule has 0 saturated carbocycles. The average molecular weight is 512 g/mol. The lowest BCUT2D eigenvalue weighted by Crippen LogP contribution is -2.29. The Balaban J connectivity index is 1.92. The highest BCUT2D eigenvalue weighted by molar-refractivity contribution is 6.46. The molecule has 1 fully saturated rings. The second-order valence-electron chi connectivity index (χ2n) is 11.4. The van der Waals surface area contributed by atoms with Crippen molar-refractivity contribution in [3.8, 4) is 5.75 Å². The molecule has 0 spiro atoms. The van der Waals surface area contributed by atoms with Gasteiger partial charge in [-0.2, -0.15) is 0 Å². The van der Waals surface area contributed by atoms with Crippen molar-refractivity contribution in [2.75, 3.05) is 7.11 Å². The number of aliphatic hydroxyl groups is 1. The van der Waals surface area contributed by atoms with E-state index in [-0.39, 0.29) is 23.3 Å². The Bertz CT molecular complexity index is 1440. The number of carbonyl (C=O) groups is 2. The van der Waals surface area contributed by atoms with Crippen LogP contribution in [0.25, 0.3) is 5.76 Å². The minimum absolute atomic E-state index is 0.0449. The molecule has 1 amide bonds. The van der Waals surface area contributed by atoms with Gasteiger partial charge in [0.2, 0.25) is 0 Å². The summed E-state index contributed by atoms with van der Waals surface area (Å²) < 4.78 is 5.43. The average Bonchev–Trinajstić information content (AvgIpc) is 3.11. The normalized spacial score (nSPS) is 17.3. The van der Waals surface area contributed by atoms with Gasteiger partial charge in [-0.1, -0.05) is 68.8 Å². The van der Waals surface area contributed by atoms with Gasteiger partial charge in [-0.25, -0.2) is 0 Å². The van der Waals surface area contributed by atoms with Crippen molar-refractivity contribution in [1.82, 2.24) is 4.90 Å². The molecule has 38 heavy (non-hydrogen) atoms. The third-order valence-corrected chi connectivity index (χ3v) is 7.47. The van der Waals surface area contributed by atoms with Gasteiger partial charge in [-0.05, 0) is 78.6 Å². The molecule has 0 aliphatic carbocycles. The van der Waals surface area contributed by atoms with E-state index in [1.54, 1.807) is 18.1 Å². The van der Waals surface area contributed by atoms with E-state index < -0.39 is 17.7 Å². The molecule has 1 unspecified atom stereocenters. The molecule has 1 aliphatic heterocycles. The number of hydrogen-bond donors (Lipinski definition) is 1. The lowest BCUT2D eigenvalue weighted by atomic mass is 9.85. The Hall–Kier alpha value is -3.86. The van der Waals surface area contributed by atoms with Crippen molar-refractivity contribution in [3.63, 3.8) is 0 Å². The maximum atomic E-state index is 13.6. The van der Waals surface area contributed by atoms with Crippen LogP contribution in [0.1, 0.15) is 71.3 Å². The van der Waals surface area contributed by atoms with E-state index >= 15 is 0 Å². The first-order valence-electron chi connectivity index (χ1n) is 12.9. The Morgan fingerprint density at radius 1 is 0.895 bits per heavy atom. The van der Waals surface area contributed by atoms with Gasteiger partial charge in [0.05, 0.1) is 18.7 Å². The summed E-state index contributed by atoms with van der Waals surface area (Å²) in [6, 6.07) is 17.0. The zero-order chi connectivity index (χ0) is 27.9.